The lowest BCUT2D eigenvalue weighted by molar-refractivity contribution is -0.384. The number of hydrogen-bond donors (Lipinski definition) is 0. The van der Waals surface area contributed by atoms with Crippen molar-refractivity contribution < 1.29 is 9.45 Å². The van der Waals surface area contributed by atoms with E-state index in [1.165, 1.54) is 18.2 Å². The fraction of sp³-hybridized carbons (Fsp3) is 0.0714. The van der Waals surface area contributed by atoms with Crippen LogP contribution in [0.3, 0.4) is 0 Å². The first-order chi connectivity index (χ1) is 10.6. The minimum absolute atomic E-state index is 0.104. The van der Waals surface area contributed by atoms with Gasteiger partial charge in [0.15, 0.2) is 0 Å². The fourth-order valence-electron chi connectivity index (χ4n) is 1.94. The predicted octanol–water partition coefficient (Wildman–Crippen LogP) is 3.67. The Hall–Kier alpha value is -2.80. The van der Waals surface area contributed by atoms with Gasteiger partial charge in [0, 0.05) is 18.3 Å². The summed E-state index contributed by atoms with van der Waals surface area (Å²) < 4.78 is 5.17. The highest BCUT2D eigenvalue weighted by molar-refractivity contribution is 6.33. The lowest BCUT2D eigenvalue weighted by atomic mass is 10.2. The van der Waals surface area contributed by atoms with E-state index in [0.717, 1.165) is 5.56 Å². The molecule has 0 bridgehead atoms. The van der Waals surface area contributed by atoms with E-state index in [4.69, 9.17) is 16.1 Å². The minimum Gasteiger partial charge on any atom is -0.333 e. The fourth-order valence-corrected chi connectivity index (χ4v) is 2.14. The topological polar surface area (TPSA) is 95.0 Å². The molecule has 0 aliphatic carbocycles. The van der Waals surface area contributed by atoms with Crippen molar-refractivity contribution in [3.05, 3.63) is 57.2 Å². The van der Waals surface area contributed by atoms with Crippen molar-refractivity contribution in [2.75, 3.05) is 0 Å². The summed E-state index contributed by atoms with van der Waals surface area (Å²) in [6.45, 7) is 1.87. The third-order valence-electron chi connectivity index (χ3n) is 3.04. The molecule has 0 saturated heterocycles. The summed E-state index contributed by atoms with van der Waals surface area (Å²) in [4.78, 5) is 18.8. The van der Waals surface area contributed by atoms with Crippen LogP contribution in [0, 0.1) is 17.0 Å². The second-order valence-corrected chi connectivity index (χ2v) is 4.92. The number of halogens is 1. The SMILES string of the molecule is Cc1cccnc1-c1noc(-c2cc([N+](=O)[O-])ccc2Cl)n1. The number of benzene rings is 1. The number of non-ortho nitro benzene ring substituents is 1. The van der Waals surface area contributed by atoms with Gasteiger partial charge in [-0.05, 0) is 24.6 Å². The maximum atomic E-state index is 10.9. The molecule has 110 valence electrons. The van der Waals surface area contributed by atoms with Crippen LogP contribution < -0.4 is 0 Å². The molecule has 0 fully saturated rings. The van der Waals surface area contributed by atoms with Crippen molar-refractivity contribution in [2.24, 2.45) is 0 Å². The molecule has 8 heteroatoms. The van der Waals surface area contributed by atoms with Crippen LogP contribution in [0.15, 0.2) is 41.1 Å². The average molecular weight is 317 g/mol. The Morgan fingerprint density at radius 3 is 2.86 bits per heavy atom. The Morgan fingerprint density at radius 2 is 2.14 bits per heavy atom. The first kappa shape index (κ1) is 14.2. The largest absolute Gasteiger partial charge is 0.333 e. The Morgan fingerprint density at radius 1 is 1.32 bits per heavy atom. The molecule has 0 saturated carbocycles. The Balaban J connectivity index is 2.06. The number of aromatic nitrogens is 3. The number of nitro groups is 1. The lowest BCUT2D eigenvalue weighted by Crippen LogP contribution is -1.90. The monoisotopic (exact) mass is 316 g/mol. The molecule has 0 aliphatic rings. The van der Waals surface area contributed by atoms with E-state index >= 15 is 0 Å². The van der Waals surface area contributed by atoms with Crippen LogP contribution in [0.2, 0.25) is 5.02 Å². The van der Waals surface area contributed by atoms with Crippen LogP contribution >= 0.6 is 11.6 Å². The van der Waals surface area contributed by atoms with E-state index in [1.807, 2.05) is 13.0 Å². The van der Waals surface area contributed by atoms with Crippen LogP contribution in [0.5, 0.6) is 0 Å². The van der Waals surface area contributed by atoms with Crippen LogP contribution in [0.1, 0.15) is 5.56 Å². The van der Waals surface area contributed by atoms with E-state index in [9.17, 15) is 10.1 Å². The molecule has 22 heavy (non-hydrogen) atoms. The Bertz CT molecular complexity index is 863. The second kappa shape index (κ2) is 5.53. The van der Waals surface area contributed by atoms with E-state index in [0.29, 0.717) is 22.1 Å². The van der Waals surface area contributed by atoms with E-state index in [-0.39, 0.29) is 11.6 Å². The molecule has 0 spiro atoms. The first-order valence-electron chi connectivity index (χ1n) is 6.26. The average Bonchev–Trinajstić information content (AvgIpc) is 2.97. The third kappa shape index (κ3) is 2.53. The third-order valence-corrected chi connectivity index (χ3v) is 3.37. The number of nitrogens with zero attached hydrogens (tertiary/aromatic N) is 4. The maximum Gasteiger partial charge on any atom is 0.270 e. The molecule has 2 heterocycles. The highest BCUT2D eigenvalue weighted by Gasteiger charge is 2.18. The number of pyridine rings is 1. The molecular formula is C14H9ClN4O3. The number of hydrogen-bond acceptors (Lipinski definition) is 6. The maximum absolute atomic E-state index is 10.9. The van der Waals surface area contributed by atoms with E-state index < -0.39 is 4.92 Å². The van der Waals surface area contributed by atoms with Crippen LogP contribution in [0.4, 0.5) is 5.69 Å². The summed E-state index contributed by atoms with van der Waals surface area (Å²) in [5, 5.41) is 15.0. The number of aryl methyl sites for hydroxylation is 1. The van der Waals surface area contributed by atoms with Gasteiger partial charge in [0.25, 0.3) is 11.6 Å². The van der Waals surface area contributed by atoms with Gasteiger partial charge in [0.1, 0.15) is 5.69 Å². The zero-order valence-corrected chi connectivity index (χ0v) is 12.1. The second-order valence-electron chi connectivity index (χ2n) is 4.51. The summed E-state index contributed by atoms with van der Waals surface area (Å²) in [6, 6.07) is 7.71. The zero-order chi connectivity index (χ0) is 15.7. The van der Waals surface area contributed by atoms with Gasteiger partial charge in [-0.3, -0.25) is 15.1 Å². The van der Waals surface area contributed by atoms with Gasteiger partial charge in [-0.25, -0.2) is 0 Å². The molecule has 0 radical (unpaired) electrons. The zero-order valence-electron chi connectivity index (χ0n) is 11.4. The molecular weight excluding hydrogens is 308 g/mol. The molecule has 0 unspecified atom stereocenters. The van der Waals surface area contributed by atoms with Gasteiger partial charge in [-0.2, -0.15) is 4.98 Å². The smallest absolute Gasteiger partial charge is 0.270 e. The summed E-state index contributed by atoms with van der Waals surface area (Å²) in [7, 11) is 0. The van der Waals surface area contributed by atoms with Gasteiger partial charge in [0.2, 0.25) is 5.82 Å². The van der Waals surface area contributed by atoms with Crippen molar-refractivity contribution in [2.45, 2.75) is 6.92 Å². The summed E-state index contributed by atoms with van der Waals surface area (Å²) >= 11 is 6.06. The van der Waals surface area contributed by atoms with Gasteiger partial charge in [0.05, 0.1) is 15.5 Å². The van der Waals surface area contributed by atoms with Gasteiger partial charge in [-0.15, -0.1) is 0 Å². The van der Waals surface area contributed by atoms with Crippen molar-refractivity contribution >= 4 is 17.3 Å². The number of rotatable bonds is 3. The Kier molecular flexibility index (Phi) is 3.56. The molecule has 1 aromatic carbocycles. The Labute approximate surface area is 129 Å². The predicted molar refractivity (Wildman–Crippen MR) is 79.4 cm³/mol. The highest BCUT2D eigenvalue weighted by atomic mass is 35.5. The highest BCUT2D eigenvalue weighted by Crippen LogP contribution is 2.31. The van der Waals surface area contributed by atoms with Gasteiger partial charge in [-0.1, -0.05) is 22.8 Å². The molecule has 3 rings (SSSR count). The molecule has 7 nitrogen and oxygen atoms in total. The van der Waals surface area contributed by atoms with Crippen molar-refractivity contribution in [1.29, 1.82) is 0 Å². The van der Waals surface area contributed by atoms with Crippen LogP contribution in [0.25, 0.3) is 23.0 Å². The normalized spacial score (nSPS) is 10.6. The van der Waals surface area contributed by atoms with E-state index in [1.54, 1.807) is 12.3 Å². The summed E-state index contributed by atoms with van der Waals surface area (Å²) in [6.07, 6.45) is 1.62. The van der Waals surface area contributed by atoms with Crippen molar-refractivity contribution in [3.8, 4) is 23.0 Å². The summed E-state index contributed by atoms with van der Waals surface area (Å²) in [5.41, 5.74) is 1.68. The molecule has 2 aromatic heterocycles. The molecule has 3 aromatic rings. The molecule has 0 aliphatic heterocycles. The minimum atomic E-state index is -0.514. The van der Waals surface area contributed by atoms with Gasteiger partial charge >= 0.3 is 0 Å². The van der Waals surface area contributed by atoms with E-state index in [2.05, 4.69) is 15.1 Å². The van der Waals surface area contributed by atoms with Crippen molar-refractivity contribution in [3.63, 3.8) is 0 Å². The molecule has 0 amide bonds. The quantitative estimate of drug-likeness (QED) is 0.540. The van der Waals surface area contributed by atoms with Crippen LogP contribution in [-0.4, -0.2) is 20.0 Å². The lowest BCUT2D eigenvalue weighted by Gasteiger charge is -1.99. The number of nitro benzene ring substituents is 1. The standard InChI is InChI=1S/C14H9ClN4O3/c1-8-3-2-6-16-12(8)13-17-14(22-18-13)10-7-9(19(20)21)4-5-11(10)15/h2-7H,1H3. The summed E-state index contributed by atoms with van der Waals surface area (Å²) in [5.74, 6) is 0.407. The first-order valence-corrected chi connectivity index (χ1v) is 6.64. The van der Waals surface area contributed by atoms with Crippen LogP contribution in [-0.2, 0) is 0 Å². The molecule has 0 atom stereocenters. The molecule has 0 N–H and O–H groups in total. The van der Waals surface area contributed by atoms with Gasteiger partial charge < -0.3 is 4.52 Å². The van der Waals surface area contributed by atoms with Crippen molar-refractivity contribution in [1.82, 2.24) is 15.1 Å².